The number of urea groups is 1. The quantitative estimate of drug-likeness (QED) is 0.464. The minimum Gasteiger partial charge on any atom is -0.492 e. The summed E-state index contributed by atoms with van der Waals surface area (Å²) in [5.74, 6) is 0.0369. The van der Waals surface area contributed by atoms with Gasteiger partial charge in [0.1, 0.15) is 5.75 Å². The van der Waals surface area contributed by atoms with Gasteiger partial charge in [0, 0.05) is 7.05 Å². The zero-order valence-electron chi connectivity index (χ0n) is 16.8. The molecule has 1 atom stereocenters. The lowest BCUT2D eigenvalue weighted by molar-refractivity contribution is -0.119. The van der Waals surface area contributed by atoms with Crippen LogP contribution in [0.2, 0.25) is 0 Å². The number of nitrogens with zero attached hydrogens (tertiary/aromatic N) is 2. The number of aromatic nitrogens is 2. The van der Waals surface area contributed by atoms with Crippen molar-refractivity contribution < 1.29 is 14.3 Å². The number of ether oxygens (including phenoxy) is 1. The third-order valence-electron chi connectivity index (χ3n) is 4.27. The van der Waals surface area contributed by atoms with Gasteiger partial charge in [0.2, 0.25) is 5.91 Å². The molecule has 3 aromatic rings. The van der Waals surface area contributed by atoms with Crippen LogP contribution < -0.4 is 20.9 Å². The molecule has 1 heterocycles. The highest BCUT2D eigenvalue weighted by Gasteiger charge is 2.22. The number of para-hydroxylation sites is 3. The van der Waals surface area contributed by atoms with E-state index in [-0.39, 0.29) is 5.56 Å². The smallest absolute Gasteiger partial charge is 0.321 e. The van der Waals surface area contributed by atoms with Crippen LogP contribution in [0.1, 0.15) is 13.8 Å². The maximum Gasteiger partial charge on any atom is 0.321 e. The fraction of sp³-hybridized carbons (Fsp3) is 0.238. The Morgan fingerprint density at radius 1 is 1.17 bits per heavy atom. The normalized spacial score (nSPS) is 11.7. The van der Waals surface area contributed by atoms with Crippen LogP contribution in [0.3, 0.4) is 0 Å². The van der Waals surface area contributed by atoms with Crippen molar-refractivity contribution >= 4 is 34.6 Å². The summed E-state index contributed by atoms with van der Waals surface area (Å²) in [5, 5.41) is 4.68. The number of carbonyl (C=O) groups is 2. The predicted octanol–water partition coefficient (Wildman–Crippen LogP) is 2.72. The van der Waals surface area contributed by atoms with Gasteiger partial charge in [-0.05, 0) is 38.1 Å². The van der Waals surface area contributed by atoms with E-state index in [1.165, 1.54) is 11.6 Å². The van der Waals surface area contributed by atoms with Crippen LogP contribution in [-0.4, -0.2) is 40.4 Å². The number of rotatable bonds is 6. The Labute approximate surface area is 177 Å². The van der Waals surface area contributed by atoms with Crippen molar-refractivity contribution in [3.8, 4) is 11.4 Å². The molecule has 0 unspecified atom stereocenters. The van der Waals surface area contributed by atoms with E-state index in [4.69, 9.17) is 4.74 Å². The zero-order valence-corrected chi connectivity index (χ0v) is 17.7. The monoisotopic (exact) mass is 426 g/mol. The molecule has 9 heteroatoms. The van der Waals surface area contributed by atoms with E-state index in [1.807, 2.05) is 13.0 Å². The second-order valence-corrected chi connectivity index (χ2v) is 7.59. The zero-order chi connectivity index (χ0) is 21.7. The largest absolute Gasteiger partial charge is 0.492 e. The van der Waals surface area contributed by atoms with Gasteiger partial charge in [0.05, 0.1) is 28.4 Å². The molecule has 0 aliphatic heterocycles. The van der Waals surface area contributed by atoms with Gasteiger partial charge in [-0.2, -0.15) is 0 Å². The third kappa shape index (κ3) is 4.46. The molecule has 2 N–H and O–H groups in total. The topological polar surface area (TPSA) is 102 Å². The van der Waals surface area contributed by atoms with Gasteiger partial charge < -0.3 is 10.1 Å². The van der Waals surface area contributed by atoms with Gasteiger partial charge in [-0.25, -0.2) is 9.78 Å². The molecule has 30 heavy (non-hydrogen) atoms. The van der Waals surface area contributed by atoms with E-state index < -0.39 is 17.2 Å². The van der Waals surface area contributed by atoms with Crippen molar-refractivity contribution in [3.63, 3.8) is 0 Å². The van der Waals surface area contributed by atoms with Crippen molar-refractivity contribution in [2.24, 2.45) is 0 Å². The number of nitrogens with one attached hydrogen (secondary N) is 2. The van der Waals surface area contributed by atoms with Crippen LogP contribution in [0.15, 0.2) is 58.5 Å². The molecule has 0 fully saturated rings. The van der Waals surface area contributed by atoms with Gasteiger partial charge in [-0.1, -0.05) is 36.0 Å². The number of hydrogen-bond donors (Lipinski definition) is 2. The lowest BCUT2D eigenvalue weighted by Crippen LogP contribution is -2.41. The van der Waals surface area contributed by atoms with Crippen LogP contribution in [0.25, 0.3) is 16.6 Å². The summed E-state index contributed by atoms with van der Waals surface area (Å²) >= 11 is 1.09. The molecule has 3 amide bonds. The standard InChI is InChI=1S/C21H22N4O4S/c1-4-29-17-12-8-7-11-16(17)25-19(27)14-9-5-6-10-15(14)23-21(25)30-13(2)18(26)24-20(28)22-3/h5-13H,4H2,1-3H3,(H2,22,24,26,28)/t13-/m1/s1. The summed E-state index contributed by atoms with van der Waals surface area (Å²) in [6.45, 7) is 3.93. The van der Waals surface area contributed by atoms with Crippen LogP contribution in [-0.2, 0) is 4.79 Å². The summed E-state index contributed by atoms with van der Waals surface area (Å²) in [4.78, 5) is 41.8. The fourth-order valence-corrected chi connectivity index (χ4v) is 3.73. The van der Waals surface area contributed by atoms with Gasteiger partial charge in [-0.15, -0.1) is 0 Å². The average Bonchev–Trinajstić information content (AvgIpc) is 2.75. The third-order valence-corrected chi connectivity index (χ3v) is 5.32. The fourth-order valence-electron chi connectivity index (χ4n) is 2.81. The van der Waals surface area contributed by atoms with Gasteiger partial charge >= 0.3 is 6.03 Å². The van der Waals surface area contributed by atoms with E-state index in [1.54, 1.807) is 49.4 Å². The second-order valence-electron chi connectivity index (χ2n) is 6.28. The molecule has 0 spiro atoms. The van der Waals surface area contributed by atoms with E-state index >= 15 is 0 Å². The Morgan fingerprint density at radius 3 is 2.60 bits per heavy atom. The van der Waals surface area contributed by atoms with E-state index in [2.05, 4.69) is 15.6 Å². The number of imide groups is 1. The van der Waals surface area contributed by atoms with Gasteiger partial charge in [0.15, 0.2) is 5.16 Å². The Balaban J connectivity index is 2.14. The van der Waals surface area contributed by atoms with Crippen LogP contribution in [0.5, 0.6) is 5.75 Å². The molecule has 0 aliphatic rings. The SMILES string of the molecule is CCOc1ccccc1-n1c(S[C@H](C)C(=O)NC(=O)NC)nc2ccccc2c1=O. The van der Waals surface area contributed by atoms with E-state index in [0.29, 0.717) is 34.1 Å². The van der Waals surface area contributed by atoms with E-state index in [9.17, 15) is 14.4 Å². The summed E-state index contributed by atoms with van der Waals surface area (Å²) in [6, 6.07) is 13.6. The molecular formula is C21H22N4O4S. The summed E-state index contributed by atoms with van der Waals surface area (Å²) in [6.07, 6.45) is 0. The molecule has 156 valence electrons. The molecular weight excluding hydrogens is 404 g/mol. The Kier molecular flexibility index (Phi) is 6.73. The van der Waals surface area contributed by atoms with Crippen molar-refractivity contribution in [1.82, 2.24) is 20.2 Å². The first-order valence-electron chi connectivity index (χ1n) is 9.39. The highest BCUT2D eigenvalue weighted by Crippen LogP contribution is 2.29. The van der Waals surface area contributed by atoms with Crippen molar-refractivity contribution in [3.05, 3.63) is 58.9 Å². The molecule has 3 rings (SSSR count). The maximum atomic E-state index is 13.4. The van der Waals surface area contributed by atoms with Crippen molar-refractivity contribution in [2.75, 3.05) is 13.7 Å². The second kappa shape index (κ2) is 9.45. The summed E-state index contributed by atoms with van der Waals surface area (Å²) in [7, 11) is 1.42. The first-order chi connectivity index (χ1) is 14.5. The van der Waals surface area contributed by atoms with Crippen LogP contribution >= 0.6 is 11.8 Å². The number of carbonyl (C=O) groups excluding carboxylic acids is 2. The molecule has 8 nitrogen and oxygen atoms in total. The Bertz CT molecular complexity index is 1150. The lowest BCUT2D eigenvalue weighted by Gasteiger charge is -2.18. The molecule has 0 saturated carbocycles. The molecule has 0 aliphatic carbocycles. The number of fused-ring (bicyclic) bond motifs is 1. The van der Waals surface area contributed by atoms with Gasteiger partial charge in [0.25, 0.3) is 5.56 Å². The summed E-state index contributed by atoms with van der Waals surface area (Å²) in [5.41, 5.74) is 0.784. The first kappa shape index (κ1) is 21.4. The predicted molar refractivity (Wildman–Crippen MR) is 116 cm³/mol. The molecule has 0 bridgehead atoms. The molecule has 2 aromatic carbocycles. The molecule has 0 radical (unpaired) electrons. The number of amides is 3. The highest BCUT2D eigenvalue weighted by atomic mass is 32.2. The van der Waals surface area contributed by atoms with Crippen LogP contribution in [0, 0.1) is 0 Å². The lowest BCUT2D eigenvalue weighted by atomic mass is 10.2. The minimum absolute atomic E-state index is 0.269. The van der Waals surface area contributed by atoms with Gasteiger partial charge in [-0.3, -0.25) is 19.5 Å². The van der Waals surface area contributed by atoms with E-state index in [0.717, 1.165) is 11.8 Å². The van der Waals surface area contributed by atoms with Crippen molar-refractivity contribution in [2.45, 2.75) is 24.3 Å². The molecule has 1 aromatic heterocycles. The number of benzene rings is 2. The Hall–Kier alpha value is -3.33. The summed E-state index contributed by atoms with van der Waals surface area (Å²) < 4.78 is 7.15. The first-order valence-corrected chi connectivity index (χ1v) is 10.3. The Morgan fingerprint density at radius 2 is 1.87 bits per heavy atom. The highest BCUT2D eigenvalue weighted by molar-refractivity contribution is 8.00. The molecule has 0 saturated heterocycles. The minimum atomic E-state index is -0.680. The number of thioether (sulfide) groups is 1. The number of hydrogen-bond acceptors (Lipinski definition) is 6. The van der Waals surface area contributed by atoms with Crippen molar-refractivity contribution in [1.29, 1.82) is 0 Å². The van der Waals surface area contributed by atoms with Crippen LogP contribution in [0.4, 0.5) is 4.79 Å². The average molecular weight is 426 g/mol. The maximum absolute atomic E-state index is 13.4.